The van der Waals surface area contributed by atoms with E-state index in [2.05, 4.69) is 28.5 Å². The Hall–Kier alpha value is -1.21. The number of hydrogen-bond donors (Lipinski definition) is 2. The maximum atomic E-state index is 11.5. The van der Waals surface area contributed by atoms with E-state index in [-0.39, 0.29) is 12.1 Å². The van der Waals surface area contributed by atoms with Crippen LogP contribution in [0.2, 0.25) is 0 Å². The third kappa shape index (κ3) is 5.42. The molecular formula is C14H25N3O. The van der Waals surface area contributed by atoms with Gasteiger partial charge in [0.15, 0.2) is 0 Å². The molecule has 1 rings (SSSR count). The number of rotatable bonds is 5. The third-order valence-corrected chi connectivity index (χ3v) is 3.59. The van der Waals surface area contributed by atoms with Gasteiger partial charge < -0.3 is 15.5 Å². The third-order valence-electron chi connectivity index (χ3n) is 3.59. The minimum Gasteiger partial charge on any atom is -0.338 e. The lowest BCUT2D eigenvalue weighted by atomic mass is 9.94. The molecule has 4 nitrogen and oxygen atoms in total. The van der Waals surface area contributed by atoms with Crippen molar-refractivity contribution in [3.63, 3.8) is 0 Å². The lowest BCUT2D eigenvalue weighted by Crippen LogP contribution is -2.42. The molecule has 4 heteroatoms. The van der Waals surface area contributed by atoms with Gasteiger partial charge in [0.2, 0.25) is 0 Å². The second kappa shape index (κ2) is 7.99. The summed E-state index contributed by atoms with van der Waals surface area (Å²) in [6, 6.07) is -0.305. The number of amides is 2. The maximum Gasteiger partial charge on any atom is 0.315 e. The first-order chi connectivity index (χ1) is 8.65. The van der Waals surface area contributed by atoms with Gasteiger partial charge >= 0.3 is 6.03 Å². The summed E-state index contributed by atoms with van der Waals surface area (Å²) in [5.74, 6) is 3.30. The molecule has 102 valence electrons. The van der Waals surface area contributed by atoms with Gasteiger partial charge in [0.25, 0.3) is 0 Å². The van der Waals surface area contributed by atoms with Crippen molar-refractivity contribution in [3.05, 3.63) is 0 Å². The lowest BCUT2D eigenvalue weighted by molar-refractivity contribution is 0.209. The number of terminal acetylenes is 1. The van der Waals surface area contributed by atoms with Gasteiger partial charge in [-0.15, -0.1) is 6.42 Å². The monoisotopic (exact) mass is 251 g/mol. The van der Waals surface area contributed by atoms with Crippen molar-refractivity contribution in [1.29, 1.82) is 0 Å². The van der Waals surface area contributed by atoms with E-state index in [1.165, 1.54) is 25.9 Å². The van der Waals surface area contributed by atoms with Crippen LogP contribution in [-0.2, 0) is 0 Å². The Morgan fingerprint density at radius 2 is 2.17 bits per heavy atom. The molecule has 2 N–H and O–H groups in total. The molecular weight excluding hydrogens is 226 g/mol. The van der Waals surface area contributed by atoms with Crippen LogP contribution in [0.1, 0.15) is 32.6 Å². The number of urea groups is 1. The summed E-state index contributed by atoms with van der Waals surface area (Å²) in [6.45, 7) is 5.04. The van der Waals surface area contributed by atoms with E-state index in [0.29, 0.717) is 0 Å². The summed E-state index contributed by atoms with van der Waals surface area (Å²) in [6.07, 6.45) is 9.60. The molecule has 0 aliphatic carbocycles. The highest BCUT2D eigenvalue weighted by atomic mass is 16.2. The SMILES string of the molecule is C#CC(CC)NC(=O)NCCC1CCN(C)CC1. The number of hydrogen-bond acceptors (Lipinski definition) is 2. The van der Waals surface area contributed by atoms with Crippen LogP contribution < -0.4 is 10.6 Å². The second-order valence-electron chi connectivity index (χ2n) is 5.06. The van der Waals surface area contributed by atoms with Gasteiger partial charge in [-0.05, 0) is 51.7 Å². The summed E-state index contributed by atoms with van der Waals surface area (Å²) in [5.41, 5.74) is 0. The highest BCUT2D eigenvalue weighted by molar-refractivity contribution is 5.74. The Morgan fingerprint density at radius 1 is 1.50 bits per heavy atom. The van der Waals surface area contributed by atoms with Crippen molar-refractivity contribution < 1.29 is 4.79 Å². The molecule has 0 radical (unpaired) electrons. The first kappa shape index (κ1) is 14.8. The average molecular weight is 251 g/mol. The Kier molecular flexibility index (Phi) is 6.59. The largest absolute Gasteiger partial charge is 0.338 e. The molecule has 0 spiro atoms. The number of piperidine rings is 1. The zero-order chi connectivity index (χ0) is 13.4. The minimum atomic E-state index is -0.159. The molecule has 0 aromatic heterocycles. The van der Waals surface area contributed by atoms with Gasteiger partial charge in [0.05, 0.1) is 6.04 Å². The summed E-state index contributed by atoms with van der Waals surface area (Å²) in [4.78, 5) is 13.9. The summed E-state index contributed by atoms with van der Waals surface area (Å²) < 4.78 is 0. The van der Waals surface area contributed by atoms with E-state index in [1.807, 2.05) is 6.92 Å². The van der Waals surface area contributed by atoms with Crippen molar-refractivity contribution in [2.75, 3.05) is 26.7 Å². The molecule has 1 fully saturated rings. The van der Waals surface area contributed by atoms with E-state index in [1.54, 1.807) is 0 Å². The zero-order valence-corrected chi connectivity index (χ0v) is 11.5. The highest BCUT2D eigenvalue weighted by Crippen LogP contribution is 2.18. The number of nitrogens with zero attached hydrogens (tertiary/aromatic N) is 1. The molecule has 0 saturated carbocycles. The van der Waals surface area contributed by atoms with E-state index >= 15 is 0 Å². The van der Waals surface area contributed by atoms with E-state index in [9.17, 15) is 4.79 Å². The molecule has 18 heavy (non-hydrogen) atoms. The van der Waals surface area contributed by atoms with Crippen molar-refractivity contribution in [3.8, 4) is 12.3 Å². The van der Waals surface area contributed by atoms with Crippen LogP contribution >= 0.6 is 0 Å². The van der Waals surface area contributed by atoms with E-state index < -0.39 is 0 Å². The average Bonchev–Trinajstić information content (AvgIpc) is 2.38. The summed E-state index contributed by atoms with van der Waals surface area (Å²) in [5, 5.41) is 5.65. The molecule has 0 bridgehead atoms. The Balaban J connectivity index is 2.10. The molecule has 1 aliphatic rings. The predicted octanol–water partition coefficient (Wildman–Crippen LogP) is 1.43. The van der Waals surface area contributed by atoms with Gasteiger partial charge in [0, 0.05) is 6.54 Å². The first-order valence-electron chi connectivity index (χ1n) is 6.84. The molecule has 1 aliphatic heterocycles. The predicted molar refractivity (Wildman–Crippen MR) is 74.3 cm³/mol. The summed E-state index contributed by atoms with van der Waals surface area (Å²) >= 11 is 0. The van der Waals surface area contributed by atoms with Crippen molar-refractivity contribution in [1.82, 2.24) is 15.5 Å². The van der Waals surface area contributed by atoms with Crippen LogP contribution in [0.4, 0.5) is 4.79 Å². The molecule has 0 aromatic carbocycles. The fourth-order valence-corrected chi connectivity index (χ4v) is 2.21. The maximum absolute atomic E-state index is 11.5. The van der Waals surface area contributed by atoms with Crippen LogP contribution in [-0.4, -0.2) is 43.7 Å². The highest BCUT2D eigenvalue weighted by Gasteiger charge is 2.16. The van der Waals surface area contributed by atoms with Crippen molar-refractivity contribution in [2.24, 2.45) is 5.92 Å². The zero-order valence-electron chi connectivity index (χ0n) is 11.5. The fraction of sp³-hybridized carbons (Fsp3) is 0.786. The molecule has 1 saturated heterocycles. The van der Waals surface area contributed by atoms with Crippen molar-refractivity contribution >= 4 is 6.03 Å². The van der Waals surface area contributed by atoms with Crippen LogP contribution in [0, 0.1) is 18.3 Å². The van der Waals surface area contributed by atoms with Crippen LogP contribution in [0.3, 0.4) is 0 Å². The van der Waals surface area contributed by atoms with E-state index in [0.717, 1.165) is 25.3 Å². The topological polar surface area (TPSA) is 44.4 Å². The Labute approximate surface area is 110 Å². The van der Waals surface area contributed by atoms with Gasteiger partial charge in [-0.2, -0.15) is 0 Å². The molecule has 1 heterocycles. The molecule has 1 unspecified atom stereocenters. The normalized spacial score (nSPS) is 18.9. The molecule has 1 atom stereocenters. The summed E-state index contributed by atoms with van der Waals surface area (Å²) in [7, 11) is 2.16. The van der Waals surface area contributed by atoms with Gasteiger partial charge in [-0.25, -0.2) is 4.79 Å². The second-order valence-corrected chi connectivity index (χ2v) is 5.06. The van der Waals surface area contributed by atoms with E-state index in [4.69, 9.17) is 6.42 Å². The lowest BCUT2D eigenvalue weighted by Gasteiger charge is -2.28. The fourth-order valence-electron chi connectivity index (χ4n) is 2.21. The Bertz CT molecular complexity index is 290. The van der Waals surface area contributed by atoms with Gasteiger partial charge in [-0.3, -0.25) is 0 Å². The van der Waals surface area contributed by atoms with Crippen LogP contribution in [0.25, 0.3) is 0 Å². The quantitative estimate of drug-likeness (QED) is 0.726. The Morgan fingerprint density at radius 3 is 2.72 bits per heavy atom. The smallest absolute Gasteiger partial charge is 0.315 e. The van der Waals surface area contributed by atoms with Crippen LogP contribution in [0.15, 0.2) is 0 Å². The molecule has 0 aromatic rings. The van der Waals surface area contributed by atoms with Gasteiger partial charge in [-0.1, -0.05) is 12.8 Å². The van der Waals surface area contributed by atoms with Gasteiger partial charge in [0.1, 0.15) is 0 Å². The van der Waals surface area contributed by atoms with Crippen molar-refractivity contribution in [2.45, 2.75) is 38.6 Å². The number of carbonyl (C=O) groups is 1. The first-order valence-corrected chi connectivity index (χ1v) is 6.84. The number of carbonyl (C=O) groups excluding carboxylic acids is 1. The number of nitrogens with one attached hydrogen (secondary N) is 2. The van der Waals surface area contributed by atoms with Crippen LogP contribution in [0.5, 0.6) is 0 Å². The standard InChI is InChI=1S/C14H25N3O/c1-4-13(5-2)16-14(18)15-9-6-12-7-10-17(3)11-8-12/h1,12-13H,5-11H2,2-3H3,(H2,15,16,18). The minimum absolute atomic E-state index is 0.146. The molecule has 2 amide bonds. The number of likely N-dealkylation sites (tertiary alicyclic amines) is 1.